The van der Waals surface area contributed by atoms with E-state index in [2.05, 4.69) is 0 Å². The molecule has 1 heterocycles. The molecule has 1 aliphatic rings. The summed E-state index contributed by atoms with van der Waals surface area (Å²) in [6.07, 6.45) is 1.20. The molecule has 122 valence electrons. The van der Waals surface area contributed by atoms with Crippen LogP contribution < -0.4 is 4.74 Å². The molecule has 22 heavy (non-hydrogen) atoms. The molecule has 0 N–H and O–H groups in total. The zero-order valence-corrected chi connectivity index (χ0v) is 14.2. The van der Waals surface area contributed by atoms with Crippen LogP contribution >= 0.6 is 0 Å². The number of benzene rings is 1. The van der Waals surface area contributed by atoms with Gasteiger partial charge in [-0.05, 0) is 37.1 Å². The maximum absolute atomic E-state index is 12.6. The van der Waals surface area contributed by atoms with Crippen molar-refractivity contribution in [1.82, 2.24) is 9.21 Å². The normalized spacial score (nSPS) is 16.6. The average Bonchev–Trinajstić information content (AvgIpc) is 2.47. The van der Waals surface area contributed by atoms with E-state index in [4.69, 9.17) is 4.74 Å². The van der Waals surface area contributed by atoms with Crippen molar-refractivity contribution in [3.8, 4) is 5.75 Å². The van der Waals surface area contributed by atoms with Gasteiger partial charge in [0.1, 0.15) is 5.75 Å². The smallest absolute Gasteiger partial charge is 0.254 e. The largest absolute Gasteiger partial charge is 0.496 e. The van der Waals surface area contributed by atoms with Gasteiger partial charge in [0, 0.05) is 31.7 Å². The van der Waals surface area contributed by atoms with E-state index in [-0.39, 0.29) is 5.91 Å². The van der Waals surface area contributed by atoms with E-state index in [0.717, 1.165) is 16.9 Å². The molecular formula is C15H22N2O4S. The summed E-state index contributed by atoms with van der Waals surface area (Å²) < 4.78 is 29.7. The highest BCUT2D eigenvalue weighted by Crippen LogP contribution is 2.24. The molecule has 1 aromatic rings. The summed E-state index contributed by atoms with van der Waals surface area (Å²) >= 11 is 0. The van der Waals surface area contributed by atoms with E-state index in [1.54, 1.807) is 12.0 Å². The molecular weight excluding hydrogens is 304 g/mol. The Hall–Kier alpha value is -1.60. The number of ether oxygens (including phenoxy) is 1. The number of piperazine rings is 1. The molecule has 1 aromatic carbocycles. The number of carbonyl (C=O) groups excluding carboxylic acids is 1. The topological polar surface area (TPSA) is 66.9 Å². The SMILES string of the molecule is COc1cc(C)c(C(=O)N2CCN(S(C)(=O)=O)CC2)cc1C. The van der Waals surface area contributed by atoms with Crippen molar-refractivity contribution in [2.75, 3.05) is 39.5 Å². The van der Waals surface area contributed by atoms with Crippen molar-refractivity contribution >= 4 is 15.9 Å². The first-order valence-electron chi connectivity index (χ1n) is 7.13. The van der Waals surface area contributed by atoms with Gasteiger partial charge in [0.2, 0.25) is 10.0 Å². The number of hydrogen-bond acceptors (Lipinski definition) is 4. The van der Waals surface area contributed by atoms with E-state index in [1.165, 1.54) is 10.6 Å². The van der Waals surface area contributed by atoms with E-state index in [0.29, 0.717) is 31.7 Å². The summed E-state index contributed by atoms with van der Waals surface area (Å²) in [5.41, 5.74) is 2.41. The van der Waals surface area contributed by atoms with Crippen LogP contribution in [0, 0.1) is 13.8 Å². The van der Waals surface area contributed by atoms with E-state index >= 15 is 0 Å². The Morgan fingerprint density at radius 2 is 1.68 bits per heavy atom. The third-order valence-electron chi connectivity index (χ3n) is 3.97. The van der Waals surface area contributed by atoms with Gasteiger partial charge in [0.15, 0.2) is 0 Å². The van der Waals surface area contributed by atoms with Gasteiger partial charge in [-0.15, -0.1) is 0 Å². The van der Waals surface area contributed by atoms with E-state index < -0.39 is 10.0 Å². The molecule has 1 saturated heterocycles. The maximum atomic E-state index is 12.6. The molecule has 1 fully saturated rings. The fourth-order valence-electron chi connectivity index (χ4n) is 2.63. The van der Waals surface area contributed by atoms with Crippen LogP contribution in [0.3, 0.4) is 0 Å². The monoisotopic (exact) mass is 326 g/mol. The second-order valence-corrected chi connectivity index (χ2v) is 7.57. The number of rotatable bonds is 3. The fourth-order valence-corrected chi connectivity index (χ4v) is 3.46. The molecule has 6 nitrogen and oxygen atoms in total. The first-order chi connectivity index (χ1) is 10.2. The van der Waals surface area contributed by atoms with Gasteiger partial charge < -0.3 is 9.64 Å². The van der Waals surface area contributed by atoms with Crippen molar-refractivity contribution in [2.24, 2.45) is 0 Å². The van der Waals surface area contributed by atoms with Crippen LogP contribution in [-0.4, -0.2) is 63.1 Å². The Labute approximate surface area is 131 Å². The van der Waals surface area contributed by atoms with Crippen molar-refractivity contribution in [3.05, 3.63) is 28.8 Å². The number of sulfonamides is 1. The third kappa shape index (κ3) is 3.41. The van der Waals surface area contributed by atoms with E-state index in [9.17, 15) is 13.2 Å². The number of carbonyl (C=O) groups is 1. The van der Waals surface area contributed by atoms with Gasteiger partial charge in [-0.1, -0.05) is 0 Å². The number of hydrogen-bond donors (Lipinski definition) is 0. The van der Waals surface area contributed by atoms with Crippen LogP contribution in [0.2, 0.25) is 0 Å². The van der Waals surface area contributed by atoms with Gasteiger partial charge in [-0.25, -0.2) is 8.42 Å². The minimum atomic E-state index is -3.18. The zero-order chi connectivity index (χ0) is 16.5. The lowest BCUT2D eigenvalue weighted by atomic mass is 10.0. The van der Waals surface area contributed by atoms with Crippen molar-refractivity contribution in [1.29, 1.82) is 0 Å². The third-order valence-corrected chi connectivity index (χ3v) is 5.27. The molecule has 0 bridgehead atoms. The second kappa shape index (κ2) is 6.26. The molecule has 0 unspecified atom stereocenters. The predicted octanol–water partition coefficient (Wildman–Crippen LogP) is 1.03. The lowest BCUT2D eigenvalue weighted by Crippen LogP contribution is -2.50. The number of aryl methyl sites for hydroxylation is 2. The highest BCUT2D eigenvalue weighted by molar-refractivity contribution is 7.88. The second-order valence-electron chi connectivity index (χ2n) is 5.59. The lowest BCUT2D eigenvalue weighted by molar-refractivity contribution is 0.0697. The Balaban J connectivity index is 2.15. The Morgan fingerprint density at radius 1 is 1.09 bits per heavy atom. The molecule has 0 aliphatic carbocycles. The van der Waals surface area contributed by atoms with Gasteiger partial charge in [-0.3, -0.25) is 4.79 Å². The molecule has 7 heteroatoms. The molecule has 0 radical (unpaired) electrons. The highest BCUT2D eigenvalue weighted by atomic mass is 32.2. The van der Waals surface area contributed by atoms with Gasteiger partial charge >= 0.3 is 0 Å². The van der Waals surface area contributed by atoms with Crippen molar-refractivity contribution < 1.29 is 17.9 Å². The van der Waals surface area contributed by atoms with Crippen molar-refractivity contribution in [3.63, 3.8) is 0 Å². The highest BCUT2D eigenvalue weighted by Gasteiger charge is 2.27. The number of amides is 1. The lowest BCUT2D eigenvalue weighted by Gasteiger charge is -2.33. The first kappa shape index (κ1) is 16.8. The Bertz CT molecular complexity index is 677. The minimum Gasteiger partial charge on any atom is -0.496 e. The van der Waals surface area contributed by atoms with Crippen LogP contribution in [0.4, 0.5) is 0 Å². The quantitative estimate of drug-likeness (QED) is 0.832. The van der Waals surface area contributed by atoms with Crippen LogP contribution in [0.15, 0.2) is 12.1 Å². The molecule has 0 spiro atoms. The molecule has 1 aliphatic heterocycles. The predicted molar refractivity (Wildman–Crippen MR) is 84.8 cm³/mol. The van der Waals surface area contributed by atoms with E-state index in [1.807, 2.05) is 26.0 Å². The maximum Gasteiger partial charge on any atom is 0.254 e. The summed E-state index contributed by atoms with van der Waals surface area (Å²) in [7, 11) is -1.58. The standard InChI is InChI=1S/C15H22N2O4S/c1-11-10-14(21-3)12(2)9-13(11)15(18)16-5-7-17(8-6-16)22(4,19)20/h9-10H,5-8H2,1-4H3. The van der Waals surface area contributed by atoms with Crippen LogP contribution in [0.25, 0.3) is 0 Å². The van der Waals surface area contributed by atoms with Crippen LogP contribution in [0.1, 0.15) is 21.5 Å². The number of methoxy groups -OCH3 is 1. The molecule has 2 rings (SSSR count). The molecule has 1 amide bonds. The van der Waals surface area contributed by atoms with Gasteiger partial charge in [-0.2, -0.15) is 4.31 Å². The van der Waals surface area contributed by atoms with Gasteiger partial charge in [0.05, 0.1) is 13.4 Å². The van der Waals surface area contributed by atoms with Gasteiger partial charge in [0.25, 0.3) is 5.91 Å². The summed E-state index contributed by atoms with van der Waals surface area (Å²) in [5.74, 6) is 0.701. The van der Waals surface area contributed by atoms with Crippen molar-refractivity contribution in [2.45, 2.75) is 13.8 Å². The summed E-state index contributed by atoms with van der Waals surface area (Å²) in [5, 5.41) is 0. The van der Waals surface area contributed by atoms with Crippen LogP contribution in [0.5, 0.6) is 5.75 Å². The zero-order valence-electron chi connectivity index (χ0n) is 13.4. The Morgan fingerprint density at radius 3 is 2.18 bits per heavy atom. The fraction of sp³-hybridized carbons (Fsp3) is 0.533. The van der Waals surface area contributed by atoms with Crippen LogP contribution in [-0.2, 0) is 10.0 Å². The summed E-state index contributed by atoms with van der Waals surface area (Å²) in [6.45, 7) is 5.29. The summed E-state index contributed by atoms with van der Waals surface area (Å²) in [6, 6.07) is 3.69. The average molecular weight is 326 g/mol. The minimum absolute atomic E-state index is 0.0589. The molecule has 0 atom stereocenters. The Kier molecular flexibility index (Phi) is 4.77. The summed E-state index contributed by atoms with van der Waals surface area (Å²) in [4.78, 5) is 14.4. The molecule has 0 saturated carbocycles. The molecule has 0 aromatic heterocycles. The number of nitrogens with zero attached hydrogens (tertiary/aromatic N) is 2. The first-order valence-corrected chi connectivity index (χ1v) is 8.98.